The normalized spacial score (nSPS) is 19.1. The molecule has 6 nitrogen and oxygen atoms in total. The van der Waals surface area contributed by atoms with Gasteiger partial charge >= 0.3 is 0 Å². The van der Waals surface area contributed by atoms with Gasteiger partial charge in [-0.25, -0.2) is 9.67 Å². The fourth-order valence-corrected chi connectivity index (χ4v) is 4.44. The highest BCUT2D eigenvalue weighted by Gasteiger charge is 2.39. The van der Waals surface area contributed by atoms with Crippen LogP contribution in [0.25, 0.3) is 5.82 Å². The summed E-state index contributed by atoms with van der Waals surface area (Å²) in [4.78, 5) is 11.4. The third-order valence-electron chi connectivity index (χ3n) is 5.86. The van der Waals surface area contributed by atoms with Gasteiger partial charge in [0.2, 0.25) is 0 Å². The maximum absolute atomic E-state index is 4.53. The van der Waals surface area contributed by atoms with Gasteiger partial charge in [0.15, 0.2) is 11.8 Å². The molecule has 2 fully saturated rings. The number of hydrogen-bond donors (Lipinski definition) is 1. The second-order valence-electron chi connectivity index (χ2n) is 7.61. The van der Waals surface area contributed by atoms with Gasteiger partial charge < -0.3 is 10.2 Å². The molecule has 4 rings (SSSR count). The summed E-state index contributed by atoms with van der Waals surface area (Å²) in [6.45, 7) is 3.02. The smallest absolute Gasteiger partial charge is 0.193 e. The number of nitrogens with zero attached hydrogens (tertiary/aromatic N) is 5. The molecule has 1 aliphatic carbocycles. The zero-order valence-corrected chi connectivity index (χ0v) is 18.3. The summed E-state index contributed by atoms with van der Waals surface area (Å²) >= 11 is 0. The van der Waals surface area contributed by atoms with Crippen molar-refractivity contribution in [2.45, 2.75) is 45.1 Å². The number of rotatable bonds is 3. The van der Waals surface area contributed by atoms with Gasteiger partial charge in [-0.1, -0.05) is 19.3 Å². The lowest BCUT2D eigenvalue weighted by atomic mass is 9.73. The Morgan fingerprint density at radius 3 is 2.81 bits per heavy atom. The molecule has 146 valence electrons. The Morgan fingerprint density at radius 2 is 2.07 bits per heavy atom. The standard InChI is InChI=1S/C20H28N6.HI/c1-21-19(25-13-9-20(16-25)7-3-2-4-8-20)23-15-17-6-11-22-18(14-17)26-12-5-10-24-26;/h5-6,10-12,14H,2-4,7-9,13,15-16H2,1H3,(H,21,23);1H. The molecular formula is C20H29IN6. The number of aliphatic imine (C=N–C) groups is 1. The third kappa shape index (κ3) is 4.62. The van der Waals surface area contributed by atoms with Crippen LogP contribution in [0.15, 0.2) is 41.8 Å². The molecule has 0 amide bonds. The molecule has 1 saturated carbocycles. The average Bonchev–Trinajstić information content (AvgIpc) is 3.34. The van der Waals surface area contributed by atoms with Crippen molar-refractivity contribution in [1.82, 2.24) is 25.0 Å². The molecule has 27 heavy (non-hydrogen) atoms. The second-order valence-corrected chi connectivity index (χ2v) is 7.61. The number of likely N-dealkylation sites (tertiary alicyclic amines) is 1. The Morgan fingerprint density at radius 1 is 1.22 bits per heavy atom. The van der Waals surface area contributed by atoms with Crippen molar-refractivity contribution in [2.75, 3.05) is 20.1 Å². The van der Waals surface area contributed by atoms with E-state index in [0.29, 0.717) is 5.41 Å². The van der Waals surface area contributed by atoms with E-state index in [1.807, 2.05) is 31.6 Å². The molecule has 2 aromatic heterocycles. The van der Waals surface area contributed by atoms with Crippen molar-refractivity contribution in [3.05, 3.63) is 42.4 Å². The molecule has 7 heteroatoms. The van der Waals surface area contributed by atoms with Gasteiger partial charge in [0.05, 0.1) is 0 Å². The molecule has 3 heterocycles. The molecule has 2 aliphatic rings. The second kappa shape index (κ2) is 9.03. The molecule has 2 aromatic rings. The lowest BCUT2D eigenvalue weighted by Gasteiger charge is -2.33. The lowest BCUT2D eigenvalue weighted by Crippen LogP contribution is -2.41. The van der Waals surface area contributed by atoms with E-state index < -0.39 is 0 Å². The molecule has 1 aliphatic heterocycles. The fraction of sp³-hybridized carbons (Fsp3) is 0.550. The van der Waals surface area contributed by atoms with Crippen molar-refractivity contribution in [2.24, 2.45) is 10.4 Å². The van der Waals surface area contributed by atoms with Crippen LogP contribution in [-0.2, 0) is 6.54 Å². The zero-order valence-electron chi connectivity index (χ0n) is 16.0. The zero-order chi connectivity index (χ0) is 17.8. The molecule has 1 N–H and O–H groups in total. The molecule has 0 unspecified atom stereocenters. The Balaban J connectivity index is 0.00000210. The molecule has 0 atom stereocenters. The highest BCUT2D eigenvalue weighted by Crippen LogP contribution is 2.43. The number of nitrogens with one attached hydrogen (secondary N) is 1. The minimum absolute atomic E-state index is 0. The molecule has 0 aromatic carbocycles. The SMILES string of the molecule is CN=C(NCc1ccnc(-n2cccn2)c1)N1CCC2(CCCCC2)C1.I. The van der Waals surface area contributed by atoms with Gasteiger partial charge in [-0.15, -0.1) is 24.0 Å². The summed E-state index contributed by atoms with van der Waals surface area (Å²) in [7, 11) is 1.88. The van der Waals surface area contributed by atoms with Crippen LogP contribution in [0, 0.1) is 5.41 Å². The van der Waals surface area contributed by atoms with Gasteiger partial charge in [-0.2, -0.15) is 5.10 Å². The Hall–Kier alpha value is -1.64. The number of halogens is 1. The summed E-state index contributed by atoms with van der Waals surface area (Å²) in [5.74, 6) is 1.86. The molecule has 1 spiro atoms. The molecule has 1 saturated heterocycles. The average molecular weight is 480 g/mol. The Bertz CT molecular complexity index is 752. The van der Waals surface area contributed by atoms with Crippen LogP contribution in [0.4, 0.5) is 0 Å². The van der Waals surface area contributed by atoms with E-state index in [0.717, 1.165) is 31.4 Å². The number of hydrogen-bond acceptors (Lipinski definition) is 3. The lowest BCUT2D eigenvalue weighted by molar-refractivity contribution is 0.203. The van der Waals surface area contributed by atoms with Crippen LogP contribution in [-0.4, -0.2) is 45.8 Å². The van der Waals surface area contributed by atoms with Crippen molar-refractivity contribution in [1.29, 1.82) is 0 Å². The van der Waals surface area contributed by atoms with Crippen molar-refractivity contribution >= 4 is 29.9 Å². The van der Waals surface area contributed by atoms with Gasteiger partial charge in [-0.05, 0) is 48.4 Å². The van der Waals surface area contributed by atoms with E-state index in [-0.39, 0.29) is 24.0 Å². The first-order chi connectivity index (χ1) is 12.8. The minimum Gasteiger partial charge on any atom is -0.352 e. The van der Waals surface area contributed by atoms with Crippen LogP contribution >= 0.6 is 24.0 Å². The highest BCUT2D eigenvalue weighted by atomic mass is 127. The first-order valence-corrected chi connectivity index (χ1v) is 9.69. The molecule has 0 bridgehead atoms. The van der Waals surface area contributed by atoms with E-state index in [1.165, 1.54) is 44.1 Å². The summed E-state index contributed by atoms with van der Waals surface area (Å²) in [5, 5.41) is 7.79. The van der Waals surface area contributed by atoms with E-state index >= 15 is 0 Å². The molecule has 0 radical (unpaired) electrons. The largest absolute Gasteiger partial charge is 0.352 e. The van der Waals surface area contributed by atoms with Gasteiger partial charge in [0.25, 0.3) is 0 Å². The number of guanidine groups is 1. The highest BCUT2D eigenvalue weighted by molar-refractivity contribution is 14.0. The summed E-state index contributed by atoms with van der Waals surface area (Å²) in [6, 6.07) is 6.02. The first kappa shape index (κ1) is 20.1. The maximum Gasteiger partial charge on any atom is 0.193 e. The third-order valence-corrected chi connectivity index (χ3v) is 5.86. The predicted octanol–water partition coefficient (Wildman–Crippen LogP) is 3.62. The quantitative estimate of drug-likeness (QED) is 0.414. The van der Waals surface area contributed by atoms with E-state index in [1.54, 1.807) is 10.9 Å². The van der Waals surface area contributed by atoms with Gasteiger partial charge in [0, 0.05) is 45.3 Å². The van der Waals surface area contributed by atoms with Gasteiger partial charge in [0.1, 0.15) is 0 Å². The Kier molecular flexibility index (Phi) is 6.73. The summed E-state index contributed by atoms with van der Waals surface area (Å²) in [6.07, 6.45) is 13.8. The number of aromatic nitrogens is 3. The van der Waals surface area contributed by atoms with E-state index in [4.69, 9.17) is 0 Å². The Labute approximate surface area is 178 Å². The van der Waals surface area contributed by atoms with Crippen LogP contribution < -0.4 is 5.32 Å². The molecular weight excluding hydrogens is 451 g/mol. The van der Waals surface area contributed by atoms with Crippen molar-refractivity contribution in [3.63, 3.8) is 0 Å². The van der Waals surface area contributed by atoms with Gasteiger partial charge in [-0.3, -0.25) is 4.99 Å². The maximum atomic E-state index is 4.53. The van der Waals surface area contributed by atoms with Crippen LogP contribution in [0.2, 0.25) is 0 Å². The monoisotopic (exact) mass is 480 g/mol. The first-order valence-electron chi connectivity index (χ1n) is 9.69. The van der Waals surface area contributed by atoms with E-state index in [9.17, 15) is 0 Å². The predicted molar refractivity (Wildman–Crippen MR) is 119 cm³/mol. The van der Waals surface area contributed by atoms with Crippen molar-refractivity contribution in [3.8, 4) is 5.82 Å². The van der Waals surface area contributed by atoms with Crippen LogP contribution in [0.3, 0.4) is 0 Å². The summed E-state index contributed by atoms with van der Waals surface area (Å²) in [5.41, 5.74) is 1.72. The van der Waals surface area contributed by atoms with Crippen LogP contribution in [0.5, 0.6) is 0 Å². The minimum atomic E-state index is 0. The van der Waals surface area contributed by atoms with Crippen LogP contribution in [0.1, 0.15) is 44.1 Å². The fourth-order valence-electron chi connectivity index (χ4n) is 4.44. The van der Waals surface area contributed by atoms with Crippen molar-refractivity contribution < 1.29 is 0 Å². The topological polar surface area (TPSA) is 58.3 Å². The number of pyridine rings is 1. The summed E-state index contributed by atoms with van der Waals surface area (Å²) < 4.78 is 1.78. The van der Waals surface area contributed by atoms with E-state index in [2.05, 4.69) is 31.4 Å².